The van der Waals surface area contributed by atoms with Gasteiger partial charge in [-0.25, -0.2) is 4.99 Å². The van der Waals surface area contributed by atoms with Crippen LogP contribution in [0.2, 0.25) is 0 Å². The highest BCUT2D eigenvalue weighted by Crippen LogP contribution is 2.31. The molecule has 0 radical (unpaired) electrons. The average molecular weight is 371 g/mol. The fraction of sp³-hybridized carbons (Fsp3) is 0.154. The van der Waals surface area contributed by atoms with Crippen LogP contribution in [0, 0.1) is 0 Å². The van der Waals surface area contributed by atoms with Crippen LogP contribution < -0.4 is 27.6 Å². The second kappa shape index (κ2) is 5.82. The monoisotopic (exact) mass is 369 g/mol. The number of rotatable bonds is 1. The van der Waals surface area contributed by atoms with E-state index in [1.807, 2.05) is 0 Å². The standard InChI is InChI=1S/C13H12BrN3.BrH/c14-11-6-5-9-3-1-2-4-10(9)12(11)17-13-15-7-8-16-13;/h1-6H,7-8H2,(H2,15,16,17);1H. The van der Waals surface area contributed by atoms with Crippen LogP contribution in [0.4, 0.5) is 5.69 Å². The number of benzene rings is 2. The van der Waals surface area contributed by atoms with Crippen LogP contribution in [-0.2, 0) is 0 Å². The highest BCUT2D eigenvalue weighted by molar-refractivity contribution is 9.10. The number of fused-ring (bicyclic) bond motifs is 1. The van der Waals surface area contributed by atoms with Gasteiger partial charge in [0, 0.05) is 9.86 Å². The van der Waals surface area contributed by atoms with Gasteiger partial charge in [-0.3, -0.25) is 10.6 Å². The third-order valence-electron chi connectivity index (χ3n) is 2.88. The fourth-order valence-electron chi connectivity index (χ4n) is 2.04. The zero-order valence-electron chi connectivity index (χ0n) is 9.66. The Labute approximate surface area is 125 Å². The zero-order valence-corrected chi connectivity index (χ0v) is 12.8. The molecule has 0 saturated carbocycles. The maximum atomic E-state index is 4.41. The highest BCUT2D eigenvalue weighted by Gasteiger charge is 2.13. The molecule has 0 amide bonds. The van der Waals surface area contributed by atoms with Crippen molar-refractivity contribution in [3.05, 3.63) is 40.9 Å². The lowest BCUT2D eigenvalue weighted by Gasteiger charge is -2.09. The Kier molecular flexibility index (Phi) is 4.37. The molecular formula is C13H13Br2N3. The van der Waals surface area contributed by atoms with E-state index in [1.54, 1.807) is 0 Å². The first-order valence-corrected chi connectivity index (χ1v) is 6.46. The van der Waals surface area contributed by atoms with Gasteiger partial charge >= 0.3 is 0 Å². The molecule has 0 spiro atoms. The molecule has 18 heavy (non-hydrogen) atoms. The Morgan fingerprint density at radius 3 is 2.78 bits per heavy atom. The number of nitrogens with one attached hydrogen (secondary N) is 1. The number of hydrogen-bond acceptors (Lipinski definition) is 2. The van der Waals surface area contributed by atoms with E-state index >= 15 is 0 Å². The van der Waals surface area contributed by atoms with Crippen LogP contribution in [0.5, 0.6) is 0 Å². The van der Waals surface area contributed by atoms with Crippen molar-refractivity contribution in [1.82, 2.24) is 0 Å². The molecule has 2 aromatic rings. The van der Waals surface area contributed by atoms with Crippen molar-refractivity contribution in [3.8, 4) is 0 Å². The Morgan fingerprint density at radius 2 is 2.00 bits per heavy atom. The van der Waals surface area contributed by atoms with E-state index in [0.717, 1.165) is 29.2 Å². The molecular weight excluding hydrogens is 358 g/mol. The van der Waals surface area contributed by atoms with E-state index in [1.165, 1.54) is 10.8 Å². The second-order valence-corrected chi connectivity index (χ2v) is 4.88. The van der Waals surface area contributed by atoms with E-state index in [0.29, 0.717) is 0 Å². The van der Waals surface area contributed by atoms with Crippen molar-refractivity contribution in [2.45, 2.75) is 0 Å². The summed E-state index contributed by atoms with van der Waals surface area (Å²) in [6, 6.07) is 12.5. The maximum Gasteiger partial charge on any atom is 0.299 e. The quantitative estimate of drug-likeness (QED) is 0.661. The Bertz CT molecular complexity index is 596. The smallest absolute Gasteiger partial charge is 0.299 e. The molecule has 1 aliphatic heterocycles. The number of nitrogens with two attached hydrogens (primary N) is 1. The Hall–Kier alpha value is -0.910. The molecule has 5 heteroatoms. The van der Waals surface area contributed by atoms with Gasteiger partial charge in [0.2, 0.25) is 0 Å². The van der Waals surface area contributed by atoms with Crippen molar-refractivity contribution >= 4 is 38.3 Å². The van der Waals surface area contributed by atoms with Crippen LogP contribution in [0.3, 0.4) is 0 Å². The summed E-state index contributed by atoms with van der Waals surface area (Å²) < 4.78 is 1.07. The summed E-state index contributed by atoms with van der Waals surface area (Å²) in [5, 5.41) is 7.98. The first-order chi connectivity index (χ1) is 8.34. The summed E-state index contributed by atoms with van der Waals surface area (Å²) in [5.41, 5.74) is 1.10. The largest absolute Gasteiger partial charge is 1.00 e. The van der Waals surface area contributed by atoms with E-state index in [9.17, 15) is 0 Å². The lowest BCUT2D eigenvalue weighted by Crippen LogP contribution is -3.00. The molecule has 3 rings (SSSR count). The summed E-state index contributed by atoms with van der Waals surface area (Å²) in [5.74, 6) is 0.974. The van der Waals surface area contributed by atoms with Crippen LogP contribution in [0.25, 0.3) is 10.8 Å². The van der Waals surface area contributed by atoms with E-state index < -0.39 is 0 Å². The third-order valence-corrected chi connectivity index (χ3v) is 3.54. The summed E-state index contributed by atoms with van der Waals surface area (Å²) in [7, 11) is 0. The molecule has 0 fully saturated rings. The van der Waals surface area contributed by atoms with Crippen LogP contribution in [0.1, 0.15) is 0 Å². The van der Waals surface area contributed by atoms with E-state index in [-0.39, 0.29) is 17.0 Å². The van der Waals surface area contributed by atoms with Gasteiger partial charge < -0.3 is 17.0 Å². The van der Waals surface area contributed by atoms with E-state index in [4.69, 9.17) is 0 Å². The zero-order chi connectivity index (χ0) is 11.7. The van der Waals surface area contributed by atoms with Crippen molar-refractivity contribution in [2.75, 3.05) is 18.4 Å². The second-order valence-electron chi connectivity index (χ2n) is 4.03. The van der Waals surface area contributed by atoms with Crippen molar-refractivity contribution in [3.63, 3.8) is 0 Å². The summed E-state index contributed by atoms with van der Waals surface area (Å²) in [4.78, 5) is 4.41. The number of quaternary nitrogens is 1. The molecule has 1 heterocycles. The van der Waals surface area contributed by atoms with Crippen LogP contribution >= 0.6 is 15.9 Å². The first-order valence-electron chi connectivity index (χ1n) is 5.66. The fourth-order valence-corrected chi connectivity index (χ4v) is 2.49. The predicted molar refractivity (Wildman–Crippen MR) is 74.4 cm³/mol. The summed E-state index contributed by atoms with van der Waals surface area (Å²) >= 11 is 3.59. The van der Waals surface area contributed by atoms with Gasteiger partial charge in [0.05, 0.1) is 12.2 Å². The SMILES string of the molecule is Brc1ccc2ccccc2c1NC1=NCC[NH2+]1.[Br-]. The number of anilines is 1. The Balaban J connectivity index is 0.00000120. The molecule has 0 bridgehead atoms. The lowest BCUT2D eigenvalue weighted by atomic mass is 10.1. The number of hydrogen-bond donors (Lipinski definition) is 2. The van der Waals surface area contributed by atoms with Crippen LogP contribution in [-0.4, -0.2) is 19.0 Å². The molecule has 0 saturated heterocycles. The lowest BCUT2D eigenvalue weighted by molar-refractivity contribution is -0.527. The number of aliphatic imine (C=N–C) groups is 1. The molecule has 94 valence electrons. The molecule has 3 nitrogen and oxygen atoms in total. The molecule has 0 unspecified atom stereocenters. The van der Waals surface area contributed by atoms with Crippen molar-refractivity contribution in [1.29, 1.82) is 0 Å². The van der Waals surface area contributed by atoms with Gasteiger partial charge in [-0.05, 0) is 27.4 Å². The Morgan fingerprint density at radius 1 is 1.17 bits per heavy atom. The summed E-state index contributed by atoms with van der Waals surface area (Å²) in [6.45, 7) is 1.93. The average Bonchev–Trinajstić information content (AvgIpc) is 2.86. The normalized spacial score (nSPS) is 14.2. The number of guanidine groups is 1. The molecule has 0 atom stereocenters. The minimum Gasteiger partial charge on any atom is -1.00 e. The van der Waals surface area contributed by atoms with Crippen molar-refractivity contribution < 1.29 is 22.3 Å². The van der Waals surface area contributed by atoms with Gasteiger partial charge in [-0.1, -0.05) is 30.3 Å². The number of nitrogens with zero attached hydrogens (tertiary/aromatic N) is 1. The highest BCUT2D eigenvalue weighted by atomic mass is 79.9. The van der Waals surface area contributed by atoms with Crippen LogP contribution in [0.15, 0.2) is 45.9 Å². The molecule has 0 aliphatic carbocycles. The van der Waals surface area contributed by atoms with Gasteiger partial charge in [-0.15, -0.1) is 0 Å². The molecule has 2 aromatic carbocycles. The third kappa shape index (κ3) is 2.58. The molecule has 1 aliphatic rings. The maximum absolute atomic E-state index is 4.41. The topological polar surface area (TPSA) is 41.0 Å². The number of halogens is 2. The summed E-state index contributed by atoms with van der Waals surface area (Å²) in [6.07, 6.45) is 0. The van der Waals surface area contributed by atoms with Crippen molar-refractivity contribution in [2.24, 2.45) is 4.99 Å². The van der Waals surface area contributed by atoms with Gasteiger partial charge in [-0.2, -0.15) is 0 Å². The van der Waals surface area contributed by atoms with Gasteiger partial charge in [0.15, 0.2) is 0 Å². The van der Waals surface area contributed by atoms with Gasteiger partial charge in [0.25, 0.3) is 5.96 Å². The first kappa shape index (κ1) is 13.5. The molecule has 3 N–H and O–H groups in total. The van der Waals surface area contributed by atoms with E-state index in [2.05, 4.69) is 68.0 Å². The minimum absolute atomic E-state index is 0. The minimum atomic E-state index is 0. The predicted octanol–water partition coefficient (Wildman–Crippen LogP) is -1.05. The molecule has 0 aromatic heterocycles. The van der Waals surface area contributed by atoms with Gasteiger partial charge in [0.1, 0.15) is 6.54 Å².